The molecule has 1 aliphatic heterocycles. The topological polar surface area (TPSA) is 89.9 Å². The van der Waals surface area contributed by atoms with Crippen LogP contribution >= 0.6 is 0 Å². The quantitative estimate of drug-likeness (QED) is 0.529. The van der Waals surface area contributed by atoms with Crippen LogP contribution in [0.4, 0.5) is 13.2 Å². The SMILES string of the molecule is C=NC(=N[C@H]1CCCN(C)C1)N/C(=C(\C)C(F)(F)F)c1c[nH]c2cc(S(C)(=O)=O)ccc12. The Morgan fingerprint density at radius 3 is 2.66 bits per heavy atom. The minimum absolute atomic E-state index is 0.00556. The highest BCUT2D eigenvalue weighted by Crippen LogP contribution is 2.34. The number of likely N-dealkylation sites (tertiary alicyclic amines) is 1. The number of nitrogens with zero attached hydrogens (tertiary/aromatic N) is 3. The van der Waals surface area contributed by atoms with Crippen LogP contribution in [-0.2, 0) is 9.84 Å². The molecule has 7 nitrogen and oxygen atoms in total. The molecule has 32 heavy (non-hydrogen) atoms. The van der Waals surface area contributed by atoms with E-state index in [1.165, 1.54) is 24.4 Å². The average Bonchev–Trinajstić information content (AvgIpc) is 3.12. The molecule has 2 N–H and O–H groups in total. The number of guanidine groups is 1. The van der Waals surface area contributed by atoms with E-state index in [0.29, 0.717) is 17.4 Å². The van der Waals surface area contributed by atoms with Gasteiger partial charge in [-0.25, -0.2) is 18.4 Å². The highest BCUT2D eigenvalue weighted by atomic mass is 32.2. The van der Waals surface area contributed by atoms with Crippen molar-refractivity contribution in [2.45, 2.75) is 36.9 Å². The number of hydrogen-bond donors (Lipinski definition) is 2. The van der Waals surface area contributed by atoms with Gasteiger partial charge in [0.05, 0.1) is 22.2 Å². The van der Waals surface area contributed by atoms with Crippen molar-refractivity contribution < 1.29 is 21.6 Å². The number of allylic oxidation sites excluding steroid dienone is 1. The molecule has 0 unspecified atom stereocenters. The number of fused-ring (bicyclic) bond motifs is 1. The number of aliphatic imine (C=N–C) groups is 2. The fourth-order valence-electron chi connectivity index (χ4n) is 3.69. The van der Waals surface area contributed by atoms with Gasteiger partial charge in [0, 0.05) is 35.5 Å². The van der Waals surface area contributed by atoms with Crippen molar-refractivity contribution in [3.63, 3.8) is 0 Å². The second-order valence-electron chi connectivity index (χ2n) is 7.97. The Balaban J connectivity index is 2.07. The molecule has 3 rings (SSSR count). The average molecular weight is 470 g/mol. The van der Waals surface area contributed by atoms with Crippen LogP contribution in [0.1, 0.15) is 25.3 Å². The molecular formula is C21H26F3N5O2S. The molecule has 0 amide bonds. The summed E-state index contributed by atoms with van der Waals surface area (Å²) < 4.78 is 64.7. The van der Waals surface area contributed by atoms with E-state index in [4.69, 9.17) is 0 Å². The molecule has 1 atom stereocenters. The molecule has 2 aromatic rings. The number of aromatic amines is 1. The first-order valence-electron chi connectivity index (χ1n) is 10.00. The number of H-pyrrole nitrogens is 1. The molecule has 0 aliphatic carbocycles. The van der Waals surface area contributed by atoms with Crippen molar-refractivity contribution in [1.82, 2.24) is 15.2 Å². The molecule has 11 heteroatoms. The summed E-state index contributed by atoms with van der Waals surface area (Å²) in [4.78, 5) is 13.4. The van der Waals surface area contributed by atoms with Crippen LogP contribution in [0.25, 0.3) is 16.6 Å². The van der Waals surface area contributed by atoms with E-state index >= 15 is 0 Å². The van der Waals surface area contributed by atoms with Crippen LogP contribution in [0, 0.1) is 0 Å². The summed E-state index contributed by atoms with van der Waals surface area (Å²) in [5.74, 6) is 0.00556. The highest BCUT2D eigenvalue weighted by molar-refractivity contribution is 7.90. The van der Waals surface area contributed by atoms with Crippen LogP contribution in [0.3, 0.4) is 0 Å². The van der Waals surface area contributed by atoms with E-state index in [2.05, 4.69) is 31.9 Å². The van der Waals surface area contributed by atoms with Gasteiger partial charge in [0.2, 0.25) is 5.96 Å². The van der Waals surface area contributed by atoms with E-state index < -0.39 is 21.6 Å². The Kier molecular flexibility index (Phi) is 6.80. The summed E-state index contributed by atoms with van der Waals surface area (Å²) in [6.45, 7) is 6.06. The van der Waals surface area contributed by atoms with Gasteiger partial charge in [-0.15, -0.1) is 0 Å². The monoisotopic (exact) mass is 469 g/mol. The number of aromatic nitrogens is 1. The Bertz CT molecular complexity index is 1180. The van der Waals surface area contributed by atoms with Crippen molar-refractivity contribution in [3.8, 4) is 0 Å². The van der Waals surface area contributed by atoms with Crippen molar-refractivity contribution in [2.75, 3.05) is 26.4 Å². The lowest BCUT2D eigenvalue weighted by atomic mass is 10.1. The summed E-state index contributed by atoms with van der Waals surface area (Å²) >= 11 is 0. The van der Waals surface area contributed by atoms with Crippen LogP contribution in [0.5, 0.6) is 0 Å². The molecule has 1 aromatic carbocycles. The zero-order valence-electron chi connectivity index (χ0n) is 18.1. The number of benzene rings is 1. The molecule has 0 radical (unpaired) electrons. The molecule has 1 aromatic heterocycles. The molecule has 1 fully saturated rings. The minimum Gasteiger partial charge on any atom is -0.360 e. The number of sulfone groups is 1. The molecule has 0 bridgehead atoms. The van der Waals surface area contributed by atoms with E-state index in [9.17, 15) is 21.6 Å². The van der Waals surface area contributed by atoms with Crippen LogP contribution < -0.4 is 5.32 Å². The first-order chi connectivity index (χ1) is 14.9. The van der Waals surface area contributed by atoms with E-state index in [1.807, 2.05) is 7.05 Å². The van der Waals surface area contributed by atoms with Gasteiger partial charge in [0.1, 0.15) is 0 Å². The molecule has 0 spiro atoms. The molecule has 174 valence electrons. The highest BCUT2D eigenvalue weighted by Gasteiger charge is 2.34. The second kappa shape index (κ2) is 9.07. The Hall–Kier alpha value is -2.66. The van der Waals surface area contributed by atoms with Gasteiger partial charge in [-0.05, 0) is 52.2 Å². The van der Waals surface area contributed by atoms with E-state index in [-0.39, 0.29) is 28.2 Å². The number of likely N-dealkylation sites (N-methyl/N-ethyl adjacent to an activating group) is 1. The first-order valence-corrected chi connectivity index (χ1v) is 11.9. The molecule has 0 saturated carbocycles. The largest absolute Gasteiger partial charge is 0.414 e. The molecule has 1 saturated heterocycles. The van der Waals surface area contributed by atoms with Gasteiger partial charge >= 0.3 is 6.18 Å². The third-order valence-corrected chi connectivity index (χ3v) is 6.55. The van der Waals surface area contributed by atoms with Gasteiger partial charge in [-0.1, -0.05) is 6.07 Å². The third kappa shape index (κ3) is 5.39. The van der Waals surface area contributed by atoms with Gasteiger partial charge in [0.25, 0.3) is 0 Å². The summed E-state index contributed by atoms with van der Waals surface area (Å²) in [6.07, 6.45) is -0.382. The Labute approximate surface area is 185 Å². The van der Waals surface area contributed by atoms with Gasteiger partial charge in [-0.3, -0.25) is 0 Å². The molecular weight excluding hydrogens is 443 g/mol. The maximum Gasteiger partial charge on any atom is 0.414 e. The number of rotatable bonds is 4. The zero-order valence-corrected chi connectivity index (χ0v) is 18.9. The van der Waals surface area contributed by atoms with E-state index in [1.54, 1.807) is 0 Å². The smallest absolute Gasteiger partial charge is 0.360 e. The number of hydrogen-bond acceptors (Lipinski definition) is 4. The summed E-state index contributed by atoms with van der Waals surface area (Å²) in [7, 11) is -1.50. The maximum atomic E-state index is 13.7. The predicted molar refractivity (Wildman–Crippen MR) is 121 cm³/mol. The fourth-order valence-corrected chi connectivity index (χ4v) is 4.34. The summed E-state index contributed by atoms with van der Waals surface area (Å²) in [6, 6.07) is 4.15. The van der Waals surface area contributed by atoms with Gasteiger partial charge < -0.3 is 15.2 Å². The maximum absolute atomic E-state index is 13.7. The van der Waals surface area contributed by atoms with Crippen molar-refractivity contribution in [1.29, 1.82) is 0 Å². The lowest BCUT2D eigenvalue weighted by Gasteiger charge is -2.27. The summed E-state index contributed by atoms with van der Waals surface area (Å²) in [5, 5.41) is 3.17. The predicted octanol–water partition coefficient (Wildman–Crippen LogP) is 3.61. The summed E-state index contributed by atoms with van der Waals surface area (Å²) in [5.41, 5.74) is -0.447. The van der Waals surface area contributed by atoms with Crippen LogP contribution in [-0.4, -0.2) is 69.6 Å². The first kappa shape index (κ1) is 24.0. The van der Waals surface area contributed by atoms with Gasteiger partial charge in [0.15, 0.2) is 9.84 Å². The third-order valence-electron chi connectivity index (χ3n) is 5.44. The van der Waals surface area contributed by atoms with Crippen molar-refractivity contribution in [3.05, 3.63) is 35.5 Å². The normalized spacial score (nSPS) is 19.7. The van der Waals surface area contributed by atoms with Crippen LogP contribution in [0.2, 0.25) is 0 Å². The molecule has 2 heterocycles. The lowest BCUT2D eigenvalue weighted by molar-refractivity contribution is -0.0908. The lowest BCUT2D eigenvalue weighted by Crippen LogP contribution is -2.36. The van der Waals surface area contributed by atoms with E-state index in [0.717, 1.165) is 32.6 Å². The Morgan fingerprint density at radius 2 is 2.06 bits per heavy atom. The van der Waals surface area contributed by atoms with Crippen LogP contribution in [0.15, 0.2) is 44.8 Å². The van der Waals surface area contributed by atoms with Crippen molar-refractivity contribution in [2.24, 2.45) is 9.98 Å². The minimum atomic E-state index is -4.60. The second-order valence-corrected chi connectivity index (χ2v) is 9.99. The van der Waals surface area contributed by atoms with Crippen molar-refractivity contribution >= 4 is 39.1 Å². The Morgan fingerprint density at radius 1 is 1.34 bits per heavy atom. The number of alkyl halides is 3. The zero-order chi connectivity index (χ0) is 23.7. The number of piperidine rings is 1. The molecule has 1 aliphatic rings. The number of nitrogens with one attached hydrogen (secondary N) is 2. The standard InChI is InChI=1S/C21H26F3N5O2S/c1-13(21(22,23)24)19(28-20(25-2)27-14-6-5-9-29(3)12-14)17-11-26-18-10-15(32(4,30)31)7-8-16(17)18/h7-8,10-11,14,26H,2,5-6,9,12H2,1,3-4H3,(H,27,28)/b19-13+/t14-/m0/s1. The fraction of sp³-hybridized carbons (Fsp3) is 0.429. The van der Waals surface area contributed by atoms with Gasteiger partial charge in [-0.2, -0.15) is 13.2 Å². The number of halogens is 3.